The van der Waals surface area contributed by atoms with Gasteiger partial charge in [0.1, 0.15) is 29.7 Å². The number of carbonyl (C=O) groups excluding carboxylic acids is 5. The van der Waals surface area contributed by atoms with Crippen molar-refractivity contribution in [2.75, 3.05) is 89.1 Å². The van der Waals surface area contributed by atoms with Gasteiger partial charge in [-0.1, -0.05) is 18.9 Å². The first-order chi connectivity index (χ1) is 32.5. The molecule has 1 saturated carbocycles. The lowest BCUT2D eigenvalue weighted by molar-refractivity contribution is -0.136. The minimum absolute atomic E-state index is 0.0461. The summed E-state index contributed by atoms with van der Waals surface area (Å²) in [5.74, 6) is -1.58. The molecule has 6 amide bonds. The third kappa shape index (κ3) is 12.0. The molecule has 2 aromatic carbocycles. The molecule has 3 aliphatic rings. The van der Waals surface area contributed by atoms with Gasteiger partial charge in [-0.2, -0.15) is 4.98 Å². The van der Waals surface area contributed by atoms with Gasteiger partial charge in [-0.25, -0.2) is 9.78 Å². The van der Waals surface area contributed by atoms with E-state index in [0.29, 0.717) is 94.5 Å². The molecule has 23 heteroatoms. The van der Waals surface area contributed by atoms with Gasteiger partial charge in [-0.15, -0.1) is 0 Å². The molecule has 67 heavy (non-hydrogen) atoms. The maximum Gasteiger partial charge on any atom is 0.404 e. The zero-order valence-corrected chi connectivity index (χ0v) is 36.9. The summed E-state index contributed by atoms with van der Waals surface area (Å²) in [4.78, 5) is 84.5. The molecule has 7 rings (SSSR count). The van der Waals surface area contributed by atoms with Crippen LogP contribution in [-0.2, 0) is 28.5 Å². The van der Waals surface area contributed by atoms with Crippen molar-refractivity contribution in [3.8, 4) is 11.5 Å². The van der Waals surface area contributed by atoms with E-state index >= 15 is 0 Å². The van der Waals surface area contributed by atoms with E-state index in [0.717, 1.165) is 17.7 Å². The van der Waals surface area contributed by atoms with Crippen molar-refractivity contribution in [3.63, 3.8) is 0 Å². The van der Waals surface area contributed by atoms with Gasteiger partial charge in [-0.05, 0) is 31.4 Å². The van der Waals surface area contributed by atoms with Gasteiger partial charge in [-0.3, -0.25) is 38.6 Å². The van der Waals surface area contributed by atoms with Crippen molar-refractivity contribution < 1.29 is 62.3 Å². The number of hydrogen-bond acceptors (Lipinski definition) is 17. The summed E-state index contributed by atoms with van der Waals surface area (Å²) in [6, 6.07) is 8.36. The number of aromatic nitrogens is 3. The van der Waals surface area contributed by atoms with E-state index in [-0.39, 0.29) is 66.3 Å². The van der Waals surface area contributed by atoms with Crippen LogP contribution in [0.15, 0.2) is 48.8 Å². The number of nitrogens with two attached hydrogens (primary N) is 1. The Labute approximate surface area is 384 Å². The highest BCUT2D eigenvalue weighted by molar-refractivity contribution is 6.25. The van der Waals surface area contributed by atoms with Crippen LogP contribution < -0.4 is 41.8 Å². The number of primary amides is 1. The van der Waals surface area contributed by atoms with E-state index in [9.17, 15) is 33.9 Å². The van der Waals surface area contributed by atoms with E-state index in [1.165, 1.54) is 19.4 Å². The zero-order valence-electron chi connectivity index (χ0n) is 36.9. The molecule has 2 aliphatic heterocycles. The van der Waals surface area contributed by atoms with Crippen LogP contribution in [0.4, 0.5) is 27.9 Å². The Morgan fingerprint density at radius 2 is 1.55 bits per heavy atom. The predicted molar refractivity (Wildman–Crippen MR) is 239 cm³/mol. The molecule has 4 aromatic rings. The summed E-state index contributed by atoms with van der Waals surface area (Å²) in [5.41, 5.74) is 7.48. The first-order valence-electron chi connectivity index (χ1n) is 21.9. The number of carboxylic acid groups (broad SMARTS) is 1. The second-order valence-electron chi connectivity index (χ2n) is 15.7. The van der Waals surface area contributed by atoms with Crippen molar-refractivity contribution in [2.24, 2.45) is 5.73 Å². The monoisotopic (exact) mass is 930 g/mol. The molecule has 1 aliphatic carbocycles. The Balaban J connectivity index is 0.777. The summed E-state index contributed by atoms with van der Waals surface area (Å²) in [7, 11) is 1.51. The van der Waals surface area contributed by atoms with Crippen molar-refractivity contribution in [1.82, 2.24) is 29.9 Å². The largest absolute Gasteiger partial charge is 0.497 e. The highest BCUT2D eigenvalue weighted by atomic mass is 16.6. The maximum atomic E-state index is 13.2. The Morgan fingerprint density at radius 3 is 2.24 bits per heavy atom. The fourth-order valence-electron chi connectivity index (χ4n) is 8.08. The summed E-state index contributed by atoms with van der Waals surface area (Å²) in [6.45, 7) is 3.16. The second kappa shape index (κ2) is 22.9. The third-order valence-corrected chi connectivity index (χ3v) is 11.2. The van der Waals surface area contributed by atoms with Gasteiger partial charge in [0.2, 0.25) is 17.8 Å². The van der Waals surface area contributed by atoms with Crippen LogP contribution >= 0.6 is 0 Å². The lowest BCUT2D eigenvalue weighted by Crippen LogP contribution is -2.54. The van der Waals surface area contributed by atoms with E-state index in [2.05, 4.69) is 31.6 Å². The minimum Gasteiger partial charge on any atom is -0.497 e. The standard InChI is InChI=1S/C44H54N10O13/c1-62-27-23-26(48-38-36(37(45)56)39-47-11-13-53(39)43(52-38)49-30-6-2-3-7-31(30)50-44(60)61)24-28(25-27)67-22-21-66-20-19-65-18-17-64-16-15-63-14-12-46-32-8-4-5-29-35(32)42(59)54(41(29)58)33-9-10-34(55)51-40(33)57/h4-5,8,11,13,23-25,30-31,33,46,48,50H,2-3,6-7,9-10,12,14-22H2,1H3,(H2,45,56)(H,49,52)(H,60,61)(H,51,55,57)/t30-,31+,33?/m0/s1. The van der Waals surface area contributed by atoms with E-state index in [1.54, 1.807) is 40.9 Å². The first kappa shape index (κ1) is 47.9. The summed E-state index contributed by atoms with van der Waals surface area (Å²) < 4.78 is 35.5. The van der Waals surface area contributed by atoms with Gasteiger partial charge in [0.15, 0.2) is 11.5 Å². The van der Waals surface area contributed by atoms with Crippen LogP contribution in [0.3, 0.4) is 0 Å². The number of anilines is 4. The van der Waals surface area contributed by atoms with Crippen molar-refractivity contribution in [2.45, 2.75) is 56.7 Å². The minimum atomic E-state index is -1.11. The van der Waals surface area contributed by atoms with Crippen LogP contribution in [-0.4, -0.2) is 151 Å². The smallest absolute Gasteiger partial charge is 0.404 e. The third-order valence-electron chi connectivity index (χ3n) is 11.2. The number of benzene rings is 2. The average molecular weight is 931 g/mol. The molecule has 358 valence electrons. The fraction of sp³-hybridized carbons (Fsp3) is 0.455. The SMILES string of the molecule is COc1cc(Nc2nc(N[C@H]3CCCC[C@H]3NC(=O)O)n3ccnc3c2C(N)=O)cc(OCCOCCOCCOCCOCCNc2cccc3c2C(=O)N(C2CCC(=O)NC2=O)C3=O)c1. The predicted octanol–water partition coefficient (Wildman–Crippen LogP) is 2.53. The molecule has 0 bridgehead atoms. The molecule has 1 unspecified atom stereocenters. The molecule has 4 heterocycles. The molecular formula is C44H54N10O13. The van der Waals surface area contributed by atoms with Crippen molar-refractivity contribution in [1.29, 1.82) is 0 Å². The first-order valence-corrected chi connectivity index (χ1v) is 21.9. The average Bonchev–Trinajstić information content (AvgIpc) is 3.89. The topological polar surface area (TPSA) is 298 Å². The number of fused-ring (bicyclic) bond motifs is 2. The van der Waals surface area contributed by atoms with Gasteiger partial charge in [0.25, 0.3) is 17.7 Å². The van der Waals surface area contributed by atoms with Crippen LogP contribution in [0.5, 0.6) is 11.5 Å². The second-order valence-corrected chi connectivity index (χ2v) is 15.7. The fourth-order valence-corrected chi connectivity index (χ4v) is 8.08. The van der Waals surface area contributed by atoms with Crippen molar-refractivity contribution >= 4 is 64.4 Å². The lowest BCUT2D eigenvalue weighted by atomic mass is 9.90. The molecule has 2 fully saturated rings. The van der Waals surface area contributed by atoms with Crippen LogP contribution in [0.1, 0.15) is 69.6 Å². The number of piperidine rings is 1. The van der Waals surface area contributed by atoms with Crippen molar-refractivity contribution in [3.05, 3.63) is 65.5 Å². The van der Waals surface area contributed by atoms with E-state index in [1.807, 2.05) is 0 Å². The number of methoxy groups -OCH3 is 1. The molecule has 8 N–H and O–H groups in total. The van der Waals surface area contributed by atoms with E-state index in [4.69, 9.17) is 39.1 Å². The number of hydrogen-bond donors (Lipinski definition) is 7. The maximum absolute atomic E-state index is 13.2. The Bertz CT molecular complexity index is 2450. The highest BCUT2D eigenvalue weighted by Crippen LogP contribution is 2.34. The summed E-state index contributed by atoms with van der Waals surface area (Å²) in [5, 5.41) is 23.9. The number of nitrogens with zero attached hydrogens (tertiary/aromatic N) is 4. The van der Waals surface area contributed by atoms with Crippen LogP contribution in [0, 0.1) is 0 Å². The normalized spacial score (nSPS) is 18.1. The summed E-state index contributed by atoms with van der Waals surface area (Å²) in [6.07, 6.45) is 5.37. The zero-order chi connectivity index (χ0) is 47.3. The Hall–Kier alpha value is -7.08. The van der Waals surface area contributed by atoms with Gasteiger partial charge >= 0.3 is 6.09 Å². The van der Waals surface area contributed by atoms with Gasteiger partial charge in [0.05, 0.1) is 77.1 Å². The highest BCUT2D eigenvalue weighted by Gasteiger charge is 2.45. The lowest BCUT2D eigenvalue weighted by Gasteiger charge is -2.32. The van der Waals surface area contributed by atoms with Crippen LogP contribution in [0.2, 0.25) is 0 Å². The number of rotatable bonds is 25. The molecule has 0 radical (unpaired) electrons. The molecular weight excluding hydrogens is 877 g/mol. The number of imide groups is 2. The molecule has 2 aromatic heterocycles. The number of ether oxygens (including phenoxy) is 6. The van der Waals surface area contributed by atoms with Gasteiger partial charge < -0.3 is 60.5 Å². The Morgan fingerprint density at radius 1 is 0.866 bits per heavy atom. The number of carbonyl (C=O) groups is 6. The number of amides is 6. The van der Waals surface area contributed by atoms with Crippen LogP contribution in [0.25, 0.3) is 5.65 Å². The molecule has 0 spiro atoms. The molecule has 23 nitrogen and oxygen atoms in total. The van der Waals surface area contributed by atoms with Gasteiger partial charge in [0, 0.05) is 61.0 Å². The Kier molecular flexibility index (Phi) is 16.4. The summed E-state index contributed by atoms with van der Waals surface area (Å²) >= 11 is 0. The molecule has 1 saturated heterocycles. The number of imidazole rings is 1. The van der Waals surface area contributed by atoms with E-state index < -0.39 is 41.7 Å². The number of nitrogens with one attached hydrogen (secondary N) is 5. The quantitative estimate of drug-likeness (QED) is 0.0371. The molecule has 3 atom stereocenters.